The lowest BCUT2D eigenvalue weighted by Gasteiger charge is -2.07. The SMILES string of the molecule is C=C1Cc2ccc(C(C)C)cc2C1. The molecule has 0 saturated carbocycles. The number of hydrogen-bond donors (Lipinski definition) is 0. The van der Waals surface area contributed by atoms with Gasteiger partial charge in [0.25, 0.3) is 0 Å². The highest BCUT2D eigenvalue weighted by Gasteiger charge is 2.14. The molecule has 0 aromatic heterocycles. The standard InChI is InChI=1S/C13H16/c1-9(2)11-4-5-12-6-10(3)7-13(12)8-11/h4-5,8-9H,3,6-7H2,1-2H3. The Morgan fingerprint density at radius 1 is 1.15 bits per heavy atom. The third kappa shape index (κ3) is 1.53. The van der Waals surface area contributed by atoms with Crippen molar-refractivity contribution in [3.05, 3.63) is 47.0 Å². The van der Waals surface area contributed by atoms with E-state index in [1.54, 1.807) is 0 Å². The second kappa shape index (κ2) is 3.02. The van der Waals surface area contributed by atoms with Gasteiger partial charge in [-0.15, -0.1) is 0 Å². The molecule has 1 aromatic rings. The van der Waals surface area contributed by atoms with Gasteiger partial charge >= 0.3 is 0 Å². The van der Waals surface area contributed by atoms with Crippen molar-refractivity contribution in [3.63, 3.8) is 0 Å². The van der Waals surface area contributed by atoms with Gasteiger partial charge in [-0.3, -0.25) is 0 Å². The molecule has 0 bridgehead atoms. The molecule has 1 aliphatic carbocycles. The van der Waals surface area contributed by atoms with Gasteiger partial charge in [-0.25, -0.2) is 0 Å². The van der Waals surface area contributed by atoms with Gasteiger partial charge in [0.2, 0.25) is 0 Å². The van der Waals surface area contributed by atoms with Gasteiger partial charge < -0.3 is 0 Å². The summed E-state index contributed by atoms with van der Waals surface area (Å²) in [5, 5.41) is 0. The average Bonchev–Trinajstić information content (AvgIpc) is 2.42. The zero-order valence-corrected chi connectivity index (χ0v) is 8.43. The minimum Gasteiger partial charge on any atom is -0.0992 e. The Morgan fingerprint density at radius 3 is 2.54 bits per heavy atom. The van der Waals surface area contributed by atoms with Gasteiger partial charge in [0, 0.05) is 0 Å². The predicted molar refractivity (Wildman–Crippen MR) is 57.1 cm³/mol. The minimum absolute atomic E-state index is 0.638. The van der Waals surface area contributed by atoms with Crippen LogP contribution in [0.3, 0.4) is 0 Å². The van der Waals surface area contributed by atoms with Crippen LogP contribution in [0.2, 0.25) is 0 Å². The lowest BCUT2D eigenvalue weighted by atomic mass is 9.99. The Morgan fingerprint density at radius 2 is 1.85 bits per heavy atom. The van der Waals surface area contributed by atoms with Crippen LogP contribution < -0.4 is 0 Å². The van der Waals surface area contributed by atoms with E-state index in [0.29, 0.717) is 5.92 Å². The van der Waals surface area contributed by atoms with Crippen molar-refractivity contribution in [3.8, 4) is 0 Å². The monoisotopic (exact) mass is 172 g/mol. The molecule has 0 fully saturated rings. The first kappa shape index (κ1) is 8.55. The highest BCUT2D eigenvalue weighted by atomic mass is 14.2. The number of benzene rings is 1. The van der Waals surface area contributed by atoms with Gasteiger partial charge in [0.15, 0.2) is 0 Å². The van der Waals surface area contributed by atoms with E-state index < -0.39 is 0 Å². The molecule has 0 spiro atoms. The molecule has 0 amide bonds. The quantitative estimate of drug-likeness (QED) is 0.569. The zero-order chi connectivity index (χ0) is 9.42. The fraction of sp³-hybridized carbons (Fsp3) is 0.385. The number of allylic oxidation sites excluding steroid dienone is 1. The highest BCUT2D eigenvalue weighted by Crippen LogP contribution is 2.28. The maximum atomic E-state index is 4.04. The molecular weight excluding hydrogens is 156 g/mol. The van der Waals surface area contributed by atoms with Gasteiger partial charge in [-0.05, 0) is 35.4 Å². The third-order valence-electron chi connectivity index (χ3n) is 2.78. The van der Waals surface area contributed by atoms with Crippen molar-refractivity contribution in [2.24, 2.45) is 0 Å². The maximum absolute atomic E-state index is 4.04. The Hall–Kier alpha value is -1.04. The molecule has 0 radical (unpaired) electrons. The van der Waals surface area contributed by atoms with Crippen LogP contribution in [0.4, 0.5) is 0 Å². The molecule has 0 atom stereocenters. The summed E-state index contributed by atoms with van der Waals surface area (Å²) in [7, 11) is 0. The van der Waals surface area contributed by atoms with E-state index in [1.165, 1.54) is 22.3 Å². The Balaban J connectivity index is 2.40. The molecule has 68 valence electrons. The molecule has 1 aromatic carbocycles. The maximum Gasteiger partial charge on any atom is -0.00635 e. The van der Waals surface area contributed by atoms with Crippen LogP contribution in [0.1, 0.15) is 36.5 Å². The molecule has 0 heterocycles. The van der Waals surface area contributed by atoms with Crippen molar-refractivity contribution >= 4 is 0 Å². The van der Waals surface area contributed by atoms with Gasteiger partial charge in [0.1, 0.15) is 0 Å². The summed E-state index contributed by atoms with van der Waals surface area (Å²) in [6.07, 6.45) is 2.18. The van der Waals surface area contributed by atoms with Crippen molar-refractivity contribution < 1.29 is 0 Å². The fourth-order valence-electron chi connectivity index (χ4n) is 1.94. The molecule has 13 heavy (non-hydrogen) atoms. The van der Waals surface area contributed by atoms with Crippen LogP contribution in [0, 0.1) is 0 Å². The van der Waals surface area contributed by atoms with E-state index >= 15 is 0 Å². The number of rotatable bonds is 1. The summed E-state index contributed by atoms with van der Waals surface area (Å²) in [5.74, 6) is 0.638. The lowest BCUT2D eigenvalue weighted by Crippen LogP contribution is -1.90. The lowest BCUT2D eigenvalue weighted by molar-refractivity contribution is 0.864. The molecule has 1 aliphatic rings. The molecule has 0 nitrogen and oxygen atoms in total. The molecular formula is C13H16. The van der Waals surface area contributed by atoms with Gasteiger partial charge in [-0.1, -0.05) is 44.2 Å². The van der Waals surface area contributed by atoms with Crippen molar-refractivity contribution in [2.45, 2.75) is 32.6 Å². The number of hydrogen-bond acceptors (Lipinski definition) is 0. The first-order valence-electron chi connectivity index (χ1n) is 4.95. The molecule has 0 aliphatic heterocycles. The normalized spacial score (nSPS) is 15.2. The molecule has 0 N–H and O–H groups in total. The summed E-state index contributed by atoms with van der Waals surface area (Å²) >= 11 is 0. The van der Waals surface area contributed by atoms with Gasteiger partial charge in [-0.2, -0.15) is 0 Å². The second-order valence-electron chi connectivity index (χ2n) is 4.29. The van der Waals surface area contributed by atoms with Crippen LogP contribution in [0.5, 0.6) is 0 Å². The van der Waals surface area contributed by atoms with Gasteiger partial charge in [0.05, 0.1) is 0 Å². The van der Waals surface area contributed by atoms with Crippen LogP contribution in [-0.4, -0.2) is 0 Å². The number of fused-ring (bicyclic) bond motifs is 1. The predicted octanol–water partition coefficient (Wildman–Crippen LogP) is 3.46. The van der Waals surface area contributed by atoms with Crippen molar-refractivity contribution in [2.75, 3.05) is 0 Å². The topological polar surface area (TPSA) is 0 Å². The van der Waals surface area contributed by atoms with E-state index in [-0.39, 0.29) is 0 Å². The summed E-state index contributed by atoms with van der Waals surface area (Å²) in [4.78, 5) is 0. The molecule has 0 saturated heterocycles. The van der Waals surface area contributed by atoms with Crippen LogP contribution >= 0.6 is 0 Å². The highest BCUT2D eigenvalue weighted by molar-refractivity contribution is 5.42. The molecule has 0 heteroatoms. The minimum atomic E-state index is 0.638. The van der Waals surface area contributed by atoms with Crippen LogP contribution in [-0.2, 0) is 12.8 Å². The van der Waals surface area contributed by atoms with Crippen LogP contribution in [0.15, 0.2) is 30.4 Å². The summed E-state index contributed by atoms with van der Waals surface area (Å²) < 4.78 is 0. The average molecular weight is 172 g/mol. The smallest absolute Gasteiger partial charge is 0.00635 e. The first-order valence-corrected chi connectivity index (χ1v) is 4.95. The van der Waals surface area contributed by atoms with E-state index in [1.807, 2.05) is 0 Å². The summed E-state index contributed by atoms with van der Waals surface area (Å²) in [6.45, 7) is 8.53. The van der Waals surface area contributed by atoms with E-state index in [0.717, 1.165) is 12.8 Å². The molecule has 2 rings (SSSR count). The Labute approximate surface area is 80.3 Å². The van der Waals surface area contributed by atoms with E-state index in [4.69, 9.17) is 0 Å². The largest absolute Gasteiger partial charge is 0.0992 e. The molecule has 0 unspecified atom stereocenters. The van der Waals surface area contributed by atoms with Crippen LogP contribution in [0.25, 0.3) is 0 Å². The van der Waals surface area contributed by atoms with Crippen molar-refractivity contribution in [1.82, 2.24) is 0 Å². The Bertz CT molecular complexity index is 345. The van der Waals surface area contributed by atoms with E-state index in [9.17, 15) is 0 Å². The second-order valence-corrected chi connectivity index (χ2v) is 4.29. The fourth-order valence-corrected chi connectivity index (χ4v) is 1.94. The van der Waals surface area contributed by atoms with Crippen molar-refractivity contribution in [1.29, 1.82) is 0 Å². The Kier molecular flexibility index (Phi) is 1.99. The zero-order valence-electron chi connectivity index (χ0n) is 8.43. The first-order chi connectivity index (χ1) is 6.16. The van der Waals surface area contributed by atoms with E-state index in [2.05, 4.69) is 38.6 Å². The summed E-state index contributed by atoms with van der Waals surface area (Å²) in [5.41, 5.74) is 5.79. The third-order valence-corrected chi connectivity index (χ3v) is 2.78. The summed E-state index contributed by atoms with van der Waals surface area (Å²) in [6, 6.07) is 6.86.